The molecule has 1 unspecified atom stereocenters. The lowest BCUT2D eigenvalue weighted by molar-refractivity contribution is 0.266. The molecule has 14 heavy (non-hydrogen) atoms. The molecule has 0 aromatic heterocycles. The normalized spacial score (nSPS) is 19.4. The first kappa shape index (κ1) is 9.74. The molecule has 2 rings (SSSR count). The van der Waals surface area contributed by atoms with E-state index in [0.29, 0.717) is 12.2 Å². The molecule has 0 saturated carbocycles. The number of rotatable bonds is 0. The van der Waals surface area contributed by atoms with E-state index < -0.39 is 0 Å². The highest BCUT2D eigenvalue weighted by molar-refractivity contribution is 14.1. The molecule has 1 atom stereocenters. The van der Waals surface area contributed by atoms with Crippen molar-refractivity contribution in [3.05, 3.63) is 26.8 Å². The van der Waals surface area contributed by atoms with Crippen LogP contribution < -0.4 is 10.5 Å². The quantitative estimate of drug-likeness (QED) is 0.745. The van der Waals surface area contributed by atoms with E-state index in [-0.39, 0.29) is 6.04 Å². The Morgan fingerprint density at radius 2 is 2.36 bits per heavy atom. The first-order chi connectivity index (χ1) is 6.74. The average molecular weight is 300 g/mol. The van der Waals surface area contributed by atoms with E-state index in [1.807, 2.05) is 6.07 Å². The predicted molar refractivity (Wildman–Crippen MR) is 60.9 cm³/mol. The lowest BCUT2D eigenvalue weighted by Crippen LogP contribution is -2.22. The highest BCUT2D eigenvalue weighted by Crippen LogP contribution is 2.36. The summed E-state index contributed by atoms with van der Waals surface area (Å²) in [5.74, 6) is 0.795. The number of benzene rings is 1. The third-order valence-electron chi connectivity index (χ3n) is 2.31. The van der Waals surface area contributed by atoms with Crippen LogP contribution in [0.3, 0.4) is 0 Å². The monoisotopic (exact) mass is 300 g/mol. The van der Waals surface area contributed by atoms with Crippen LogP contribution in [0, 0.1) is 14.9 Å². The van der Waals surface area contributed by atoms with Crippen molar-refractivity contribution in [1.82, 2.24) is 0 Å². The van der Waals surface area contributed by atoms with Crippen molar-refractivity contribution >= 4 is 22.6 Å². The Bertz CT molecular complexity index is 411. The lowest BCUT2D eigenvalue weighted by atomic mass is 9.96. The highest BCUT2D eigenvalue weighted by Gasteiger charge is 2.23. The Morgan fingerprint density at radius 3 is 3.07 bits per heavy atom. The summed E-state index contributed by atoms with van der Waals surface area (Å²) in [5.41, 5.74) is 7.46. The van der Waals surface area contributed by atoms with Gasteiger partial charge in [0.1, 0.15) is 5.75 Å². The molecule has 0 bridgehead atoms. The molecule has 1 aromatic carbocycles. The Morgan fingerprint density at radius 1 is 1.57 bits per heavy atom. The minimum Gasteiger partial charge on any atom is -0.492 e. The van der Waals surface area contributed by atoms with Crippen LogP contribution in [-0.2, 0) is 0 Å². The third kappa shape index (κ3) is 1.47. The van der Waals surface area contributed by atoms with Gasteiger partial charge in [-0.05, 0) is 34.7 Å². The van der Waals surface area contributed by atoms with Gasteiger partial charge in [-0.15, -0.1) is 0 Å². The van der Waals surface area contributed by atoms with Gasteiger partial charge in [0, 0.05) is 18.0 Å². The van der Waals surface area contributed by atoms with Gasteiger partial charge in [0.25, 0.3) is 0 Å². The summed E-state index contributed by atoms with van der Waals surface area (Å²) in [6.45, 7) is 0.638. The molecule has 1 aromatic rings. The SMILES string of the molecule is N#Cc1ccc(I)c2c1C(N)CCO2. The van der Waals surface area contributed by atoms with Crippen molar-refractivity contribution in [2.24, 2.45) is 5.73 Å². The number of fused-ring (bicyclic) bond motifs is 1. The molecule has 2 N–H and O–H groups in total. The molecule has 72 valence electrons. The molecule has 0 radical (unpaired) electrons. The summed E-state index contributed by atoms with van der Waals surface area (Å²) in [4.78, 5) is 0. The van der Waals surface area contributed by atoms with Crippen molar-refractivity contribution in [3.63, 3.8) is 0 Å². The summed E-state index contributed by atoms with van der Waals surface area (Å²) in [6.07, 6.45) is 0.780. The Balaban J connectivity index is 2.65. The molecule has 1 aliphatic heterocycles. The first-order valence-electron chi connectivity index (χ1n) is 4.35. The largest absolute Gasteiger partial charge is 0.492 e. The van der Waals surface area contributed by atoms with Crippen molar-refractivity contribution in [2.75, 3.05) is 6.61 Å². The summed E-state index contributed by atoms with van der Waals surface area (Å²) >= 11 is 2.20. The molecule has 1 heterocycles. The van der Waals surface area contributed by atoms with Gasteiger partial charge < -0.3 is 10.5 Å². The van der Waals surface area contributed by atoms with Crippen LogP contribution in [0.4, 0.5) is 0 Å². The van der Waals surface area contributed by atoms with E-state index in [0.717, 1.165) is 21.3 Å². The van der Waals surface area contributed by atoms with E-state index in [1.165, 1.54) is 0 Å². The molecule has 0 amide bonds. The van der Waals surface area contributed by atoms with Crippen LogP contribution in [0.5, 0.6) is 5.75 Å². The predicted octanol–water partition coefficient (Wildman–Crippen LogP) is 1.95. The number of ether oxygens (including phenoxy) is 1. The Hall–Kier alpha value is -0.800. The minimum absolute atomic E-state index is 0.0666. The van der Waals surface area contributed by atoms with E-state index in [4.69, 9.17) is 15.7 Å². The van der Waals surface area contributed by atoms with E-state index >= 15 is 0 Å². The lowest BCUT2D eigenvalue weighted by Gasteiger charge is -2.24. The molecule has 0 saturated heterocycles. The number of nitrogens with two attached hydrogens (primary N) is 1. The van der Waals surface area contributed by atoms with Crippen molar-refractivity contribution in [3.8, 4) is 11.8 Å². The van der Waals surface area contributed by atoms with Gasteiger partial charge in [-0.3, -0.25) is 0 Å². The fraction of sp³-hybridized carbons (Fsp3) is 0.300. The van der Waals surface area contributed by atoms with Gasteiger partial charge in [0.2, 0.25) is 0 Å². The number of halogens is 1. The van der Waals surface area contributed by atoms with Gasteiger partial charge in [0.05, 0.1) is 21.8 Å². The topological polar surface area (TPSA) is 59.0 Å². The van der Waals surface area contributed by atoms with Crippen molar-refractivity contribution in [2.45, 2.75) is 12.5 Å². The fourth-order valence-corrected chi connectivity index (χ4v) is 2.24. The van der Waals surface area contributed by atoms with E-state index in [2.05, 4.69) is 28.7 Å². The summed E-state index contributed by atoms with van der Waals surface area (Å²) in [5, 5.41) is 8.94. The maximum absolute atomic E-state index is 8.94. The van der Waals surface area contributed by atoms with E-state index in [9.17, 15) is 0 Å². The average Bonchev–Trinajstić information content (AvgIpc) is 2.20. The molecular formula is C10H9IN2O. The molecule has 0 fully saturated rings. The molecule has 1 aliphatic rings. The number of hydrogen-bond acceptors (Lipinski definition) is 3. The fourth-order valence-electron chi connectivity index (χ4n) is 1.62. The van der Waals surface area contributed by atoms with Gasteiger partial charge in [0.15, 0.2) is 0 Å². The maximum atomic E-state index is 8.94. The second kappa shape index (κ2) is 3.75. The minimum atomic E-state index is -0.0666. The molecular weight excluding hydrogens is 291 g/mol. The van der Waals surface area contributed by atoms with E-state index in [1.54, 1.807) is 6.07 Å². The summed E-state index contributed by atoms with van der Waals surface area (Å²) in [6, 6.07) is 5.77. The zero-order chi connectivity index (χ0) is 10.1. The van der Waals surface area contributed by atoms with Crippen LogP contribution in [0.1, 0.15) is 23.6 Å². The highest BCUT2D eigenvalue weighted by atomic mass is 127. The second-order valence-corrected chi connectivity index (χ2v) is 4.36. The van der Waals surface area contributed by atoms with Crippen LogP contribution in [0.2, 0.25) is 0 Å². The van der Waals surface area contributed by atoms with Crippen molar-refractivity contribution in [1.29, 1.82) is 5.26 Å². The number of nitriles is 1. The van der Waals surface area contributed by atoms with Crippen LogP contribution in [0.25, 0.3) is 0 Å². The molecule has 0 aliphatic carbocycles. The Labute approximate surface area is 96.0 Å². The molecule has 4 heteroatoms. The first-order valence-corrected chi connectivity index (χ1v) is 5.43. The summed E-state index contributed by atoms with van der Waals surface area (Å²) < 4.78 is 6.55. The van der Waals surface area contributed by atoms with Crippen LogP contribution in [-0.4, -0.2) is 6.61 Å². The standard InChI is InChI=1S/C10H9IN2O/c11-7-2-1-6(5-12)9-8(13)3-4-14-10(7)9/h1-2,8H,3-4,13H2. The van der Waals surface area contributed by atoms with Gasteiger partial charge in [-0.2, -0.15) is 5.26 Å². The zero-order valence-corrected chi connectivity index (χ0v) is 9.61. The van der Waals surface area contributed by atoms with Crippen LogP contribution in [0.15, 0.2) is 12.1 Å². The summed E-state index contributed by atoms with van der Waals surface area (Å²) in [7, 11) is 0. The smallest absolute Gasteiger partial charge is 0.138 e. The molecule has 3 nitrogen and oxygen atoms in total. The van der Waals surface area contributed by atoms with Crippen molar-refractivity contribution < 1.29 is 4.74 Å². The van der Waals surface area contributed by atoms with Crippen LogP contribution >= 0.6 is 22.6 Å². The third-order valence-corrected chi connectivity index (χ3v) is 3.16. The Kier molecular flexibility index (Phi) is 2.61. The van der Waals surface area contributed by atoms with Gasteiger partial charge >= 0.3 is 0 Å². The van der Waals surface area contributed by atoms with Gasteiger partial charge in [-0.25, -0.2) is 0 Å². The molecule has 0 spiro atoms. The number of hydrogen-bond donors (Lipinski definition) is 1. The second-order valence-electron chi connectivity index (χ2n) is 3.19. The number of nitrogens with zero attached hydrogens (tertiary/aromatic N) is 1. The maximum Gasteiger partial charge on any atom is 0.138 e. The van der Waals surface area contributed by atoms with Gasteiger partial charge in [-0.1, -0.05) is 0 Å². The zero-order valence-electron chi connectivity index (χ0n) is 7.46.